The molecule has 0 radical (unpaired) electrons. The zero-order valence-electron chi connectivity index (χ0n) is 10.3. The highest BCUT2D eigenvalue weighted by atomic mass is 35.5. The first-order valence-electron chi connectivity index (χ1n) is 5.88. The highest BCUT2D eigenvalue weighted by Gasteiger charge is 2.30. The zero-order valence-corrected chi connectivity index (χ0v) is 11.9. The molecule has 5 heteroatoms. The minimum Gasteiger partial charge on any atom is -0.334 e. The number of carbonyl (C=O) groups excluding carboxylic acids is 1. The first-order valence-corrected chi connectivity index (χ1v) is 7.31. The smallest absolute Gasteiger partial charge is 0.257 e. The number of halogens is 2. The topological polar surface area (TPSA) is 20.3 Å². The Labute approximate surface area is 115 Å². The number of benzene rings is 1. The Kier molecular flexibility index (Phi) is 4.17. The molecule has 0 spiro atoms. The number of hydrogen-bond donors (Lipinski definition) is 0. The normalized spacial score (nSPS) is 24.1. The van der Waals surface area contributed by atoms with E-state index in [1.54, 1.807) is 4.90 Å². The molecule has 2 atom stereocenters. The summed E-state index contributed by atoms with van der Waals surface area (Å²) in [6.45, 7) is 4.74. The summed E-state index contributed by atoms with van der Waals surface area (Å²) in [6.07, 6.45) is 0. The fraction of sp³-hybridized carbons (Fsp3) is 0.462. The van der Waals surface area contributed by atoms with Gasteiger partial charge in [-0.3, -0.25) is 4.79 Å². The van der Waals surface area contributed by atoms with Gasteiger partial charge in [0.2, 0.25) is 0 Å². The predicted molar refractivity (Wildman–Crippen MR) is 73.8 cm³/mol. The molecule has 0 aromatic heterocycles. The molecule has 1 saturated heterocycles. The second kappa shape index (κ2) is 5.49. The molecule has 1 aromatic carbocycles. The first kappa shape index (κ1) is 13.7. The van der Waals surface area contributed by atoms with E-state index in [0.29, 0.717) is 16.8 Å². The Morgan fingerprint density at radius 3 is 2.94 bits per heavy atom. The number of thioether (sulfide) groups is 1. The van der Waals surface area contributed by atoms with Crippen LogP contribution < -0.4 is 0 Å². The lowest BCUT2D eigenvalue weighted by molar-refractivity contribution is 0.0693. The number of carbonyl (C=O) groups is 1. The Bertz CT molecular complexity index is 468. The number of nitrogens with zero attached hydrogens (tertiary/aromatic N) is 1. The lowest BCUT2D eigenvalue weighted by Crippen LogP contribution is -2.48. The molecular formula is C13H15ClFNOS. The van der Waals surface area contributed by atoms with Gasteiger partial charge >= 0.3 is 0 Å². The van der Waals surface area contributed by atoms with E-state index in [1.165, 1.54) is 18.2 Å². The average molecular weight is 288 g/mol. The monoisotopic (exact) mass is 287 g/mol. The van der Waals surface area contributed by atoms with Gasteiger partial charge in [-0.25, -0.2) is 4.39 Å². The van der Waals surface area contributed by atoms with E-state index in [4.69, 9.17) is 11.6 Å². The number of amides is 1. The third-order valence-electron chi connectivity index (χ3n) is 3.30. The van der Waals surface area contributed by atoms with Gasteiger partial charge in [-0.2, -0.15) is 11.8 Å². The molecule has 1 aromatic rings. The molecule has 2 unspecified atom stereocenters. The maximum Gasteiger partial charge on any atom is 0.257 e. The summed E-state index contributed by atoms with van der Waals surface area (Å²) in [5.74, 6) is 0.108. The minimum absolute atomic E-state index is 0.0634. The molecule has 0 bridgehead atoms. The van der Waals surface area contributed by atoms with Crippen molar-refractivity contribution >= 4 is 29.3 Å². The third kappa shape index (κ3) is 2.64. The predicted octanol–water partition coefficient (Wildman–Crippen LogP) is 3.45. The Hall–Kier alpha value is -0.740. The Morgan fingerprint density at radius 1 is 1.50 bits per heavy atom. The van der Waals surface area contributed by atoms with Crippen LogP contribution in [-0.4, -0.2) is 34.4 Å². The van der Waals surface area contributed by atoms with Gasteiger partial charge in [-0.1, -0.05) is 18.5 Å². The van der Waals surface area contributed by atoms with Crippen LogP contribution in [0.3, 0.4) is 0 Å². The van der Waals surface area contributed by atoms with Crippen molar-refractivity contribution in [2.45, 2.75) is 25.1 Å². The molecule has 1 heterocycles. The zero-order chi connectivity index (χ0) is 13.3. The molecule has 2 rings (SSSR count). The van der Waals surface area contributed by atoms with Crippen LogP contribution in [0.2, 0.25) is 5.02 Å². The van der Waals surface area contributed by atoms with E-state index in [1.807, 2.05) is 18.7 Å². The minimum atomic E-state index is -0.512. The van der Waals surface area contributed by atoms with E-state index in [0.717, 1.165) is 5.75 Å². The number of hydrogen-bond acceptors (Lipinski definition) is 2. The second-order valence-corrected chi connectivity index (χ2v) is 6.36. The van der Waals surface area contributed by atoms with Crippen LogP contribution in [0.15, 0.2) is 18.2 Å². The maximum atomic E-state index is 13.7. The van der Waals surface area contributed by atoms with Gasteiger partial charge in [0.05, 0.1) is 5.56 Å². The Morgan fingerprint density at radius 2 is 2.22 bits per heavy atom. The van der Waals surface area contributed by atoms with E-state index in [9.17, 15) is 9.18 Å². The largest absolute Gasteiger partial charge is 0.334 e. The molecule has 0 saturated carbocycles. The fourth-order valence-electron chi connectivity index (χ4n) is 2.04. The standard InChI is InChI=1S/C13H15ClFNOS/c1-8-9(2)18-6-5-16(8)13(17)11-7-10(14)3-4-12(11)15/h3-4,7-9H,5-6H2,1-2H3. The van der Waals surface area contributed by atoms with Crippen molar-refractivity contribution < 1.29 is 9.18 Å². The molecule has 1 aliphatic rings. The number of rotatable bonds is 1. The van der Waals surface area contributed by atoms with Crippen molar-refractivity contribution in [2.24, 2.45) is 0 Å². The van der Waals surface area contributed by atoms with E-state index in [-0.39, 0.29) is 17.5 Å². The maximum absolute atomic E-state index is 13.7. The van der Waals surface area contributed by atoms with Gasteiger partial charge in [0.25, 0.3) is 5.91 Å². The second-order valence-electron chi connectivity index (χ2n) is 4.44. The van der Waals surface area contributed by atoms with Crippen LogP contribution in [0.25, 0.3) is 0 Å². The van der Waals surface area contributed by atoms with E-state index in [2.05, 4.69) is 6.92 Å². The Balaban J connectivity index is 2.27. The van der Waals surface area contributed by atoms with Gasteiger partial charge in [-0.15, -0.1) is 0 Å². The van der Waals surface area contributed by atoms with Gasteiger partial charge in [0, 0.05) is 28.6 Å². The van der Waals surface area contributed by atoms with Crippen LogP contribution in [0.5, 0.6) is 0 Å². The van der Waals surface area contributed by atoms with Gasteiger partial charge in [-0.05, 0) is 25.1 Å². The van der Waals surface area contributed by atoms with Gasteiger partial charge in [0.15, 0.2) is 0 Å². The van der Waals surface area contributed by atoms with Crippen molar-refractivity contribution in [3.05, 3.63) is 34.6 Å². The van der Waals surface area contributed by atoms with Crippen LogP contribution in [0.4, 0.5) is 4.39 Å². The summed E-state index contributed by atoms with van der Waals surface area (Å²) in [7, 11) is 0. The molecule has 2 nitrogen and oxygen atoms in total. The van der Waals surface area contributed by atoms with Crippen molar-refractivity contribution in [3.63, 3.8) is 0 Å². The molecule has 1 aliphatic heterocycles. The summed E-state index contributed by atoms with van der Waals surface area (Å²) in [6, 6.07) is 4.20. The van der Waals surface area contributed by atoms with Crippen LogP contribution >= 0.6 is 23.4 Å². The molecule has 0 aliphatic carbocycles. The highest BCUT2D eigenvalue weighted by molar-refractivity contribution is 8.00. The fourth-order valence-corrected chi connectivity index (χ4v) is 3.31. The molecule has 1 amide bonds. The highest BCUT2D eigenvalue weighted by Crippen LogP contribution is 2.26. The lowest BCUT2D eigenvalue weighted by Gasteiger charge is -2.37. The summed E-state index contributed by atoms with van der Waals surface area (Å²) in [4.78, 5) is 14.1. The summed E-state index contributed by atoms with van der Waals surface area (Å²) >= 11 is 7.66. The summed E-state index contributed by atoms with van der Waals surface area (Å²) < 4.78 is 13.7. The quantitative estimate of drug-likeness (QED) is 0.788. The molecular weight excluding hydrogens is 273 g/mol. The first-order chi connectivity index (χ1) is 8.50. The molecule has 1 fully saturated rings. The summed E-state index contributed by atoms with van der Waals surface area (Å²) in [5.41, 5.74) is 0.0634. The lowest BCUT2D eigenvalue weighted by atomic mass is 10.1. The van der Waals surface area contributed by atoms with Crippen molar-refractivity contribution in [1.82, 2.24) is 4.90 Å². The van der Waals surface area contributed by atoms with Crippen LogP contribution in [0.1, 0.15) is 24.2 Å². The van der Waals surface area contributed by atoms with Crippen molar-refractivity contribution in [3.8, 4) is 0 Å². The van der Waals surface area contributed by atoms with Gasteiger partial charge in [0.1, 0.15) is 5.82 Å². The molecule has 98 valence electrons. The van der Waals surface area contributed by atoms with Gasteiger partial charge < -0.3 is 4.90 Å². The molecule has 18 heavy (non-hydrogen) atoms. The van der Waals surface area contributed by atoms with Crippen LogP contribution in [0, 0.1) is 5.82 Å². The SMILES string of the molecule is CC1SCCN(C(=O)c2cc(Cl)ccc2F)C1C. The molecule has 0 N–H and O–H groups in total. The average Bonchev–Trinajstić information content (AvgIpc) is 2.35. The van der Waals surface area contributed by atoms with E-state index < -0.39 is 5.82 Å². The summed E-state index contributed by atoms with van der Waals surface area (Å²) in [5, 5.41) is 0.747. The van der Waals surface area contributed by atoms with E-state index >= 15 is 0 Å². The van der Waals surface area contributed by atoms with Crippen molar-refractivity contribution in [2.75, 3.05) is 12.3 Å². The van der Waals surface area contributed by atoms with Crippen molar-refractivity contribution in [1.29, 1.82) is 0 Å². The third-order valence-corrected chi connectivity index (χ3v) is 4.88. The van der Waals surface area contributed by atoms with Crippen LogP contribution in [-0.2, 0) is 0 Å².